The zero-order valence-corrected chi connectivity index (χ0v) is 13.2. The molecule has 0 aromatic heterocycles. The molecule has 2 saturated carbocycles. The van der Waals surface area contributed by atoms with Gasteiger partial charge in [-0.15, -0.1) is 0 Å². The van der Waals surface area contributed by atoms with Crippen LogP contribution in [0.4, 0.5) is 0 Å². The van der Waals surface area contributed by atoms with Crippen molar-refractivity contribution < 1.29 is 0 Å². The molecule has 0 spiro atoms. The Morgan fingerprint density at radius 2 is 1.50 bits per heavy atom. The monoisotopic (exact) mass is 250 g/mol. The van der Waals surface area contributed by atoms with Crippen LogP contribution >= 0.6 is 0 Å². The summed E-state index contributed by atoms with van der Waals surface area (Å²) in [6.07, 6.45) is 13.6. The summed E-state index contributed by atoms with van der Waals surface area (Å²) < 4.78 is 0. The maximum atomic E-state index is 2.46. The first kappa shape index (κ1) is 14.4. The van der Waals surface area contributed by atoms with Crippen LogP contribution in [-0.2, 0) is 0 Å². The Kier molecular flexibility index (Phi) is 4.78. The van der Waals surface area contributed by atoms with E-state index in [1.165, 1.54) is 51.4 Å². The molecule has 0 saturated heterocycles. The standard InChI is InChI=1S/C18H34/c1-14-6-5-7-16(12-14)13-15-8-10-17(11-9-15)18(2,3)4/h14-17H,5-13H2,1-4H3. The lowest BCUT2D eigenvalue weighted by atomic mass is 9.67. The first-order valence-corrected chi connectivity index (χ1v) is 8.45. The summed E-state index contributed by atoms with van der Waals surface area (Å²) in [4.78, 5) is 0. The van der Waals surface area contributed by atoms with Crippen molar-refractivity contribution in [2.75, 3.05) is 0 Å². The summed E-state index contributed by atoms with van der Waals surface area (Å²) in [5.41, 5.74) is 0.546. The van der Waals surface area contributed by atoms with Crippen molar-refractivity contribution in [3.8, 4) is 0 Å². The van der Waals surface area contributed by atoms with Crippen molar-refractivity contribution in [2.45, 2.75) is 85.5 Å². The van der Waals surface area contributed by atoms with E-state index >= 15 is 0 Å². The van der Waals surface area contributed by atoms with E-state index in [4.69, 9.17) is 0 Å². The van der Waals surface area contributed by atoms with Crippen LogP contribution in [0.25, 0.3) is 0 Å². The van der Waals surface area contributed by atoms with Gasteiger partial charge in [-0.1, -0.05) is 59.8 Å². The molecule has 0 heterocycles. The average Bonchev–Trinajstić information content (AvgIpc) is 2.28. The maximum Gasteiger partial charge on any atom is -0.0354 e. The number of rotatable bonds is 2. The Labute approximate surface area is 115 Å². The number of hydrogen-bond donors (Lipinski definition) is 0. The molecule has 2 fully saturated rings. The molecule has 0 bridgehead atoms. The third-order valence-corrected chi connectivity index (χ3v) is 5.78. The molecule has 0 heteroatoms. The van der Waals surface area contributed by atoms with Gasteiger partial charge >= 0.3 is 0 Å². The third kappa shape index (κ3) is 4.00. The Morgan fingerprint density at radius 1 is 0.833 bits per heavy atom. The minimum Gasteiger partial charge on any atom is -0.0625 e. The van der Waals surface area contributed by atoms with Gasteiger partial charge in [-0.3, -0.25) is 0 Å². The van der Waals surface area contributed by atoms with E-state index in [0.717, 1.165) is 23.7 Å². The van der Waals surface area contributed by atoms with E-state index < -0.39 is 0 Å². The highest BCUT2D eigenvalue weighted by Crippen LogP contribution is 2.43. The molecule has 0 N–H and O–H groups in total. The van der Waals surface area contributed by atoms with Crippen LogP contribution in [0.5, 0.6) is 0 Å². The fourth-order valence-corrected chi connectivity index (χ4v) is 4.51. The van der Waals surface area contributed by atoms with Crippen LogP contribution in [0.3, 0.4) is 0 Å². The zero-order valence-electron chi connectivity index (χ0n) is 13.2. The van der Waals surface area contributed by atoms with Gasteiger partial charge in [0.1, 0.15) is 0 Å². The molecule has 2 atom stereocenters. The van der Waals surface area contributed by atoms with Gasteiger partial charge in [0.15, 0.2) is 0 Å². The second-order valence-corrected chi connectivity index (χ2v) is 8.46. The Morgan fingerprint density at radius 3 is 2.06 bits per heavy atom. The summed E-state index contributed by atoms with van der Waals surface area (Å²) >= 11 is 0. The largest absolute Gasteiger partial charge is 0.0625 e. The average molecular weight is 250 g/mol. The van der Waals surface area contributed by atoms with Crippen LogP contribution in [0, 0.1) is 29.1 Å². The van der Waals surface area contributed by atoms with Crippen molar-refractivity contribution in [3.63, 3.8) is 0 Å². The first-order chi connectivity index (χ1) is 8.45. The summed E-state index contributed by atoms with van der Waals surface area (Å²) in [6, 6.07) is 0. The summed E-state index contributed by atoms with van der Waals surface area (Å²) in [6.45, 7) is 9.76. The second kappa shape index (κ2) is 5.97. The molecule has 0 aromatic rings. The topological polar surface area (TPSA) is 0 Å². The molecule has 0 nitrogen and oxygen atoms in total. The van der Waals surface area contributed by atoms with Gasteiger partial charge in [0.2, 0.25) is 0 Å². The molecule has 2 rings (SSSR count). The lowest BCUT2D eigenvalue weighted by Crippen LogP contribution is -2.27. The molecule has 2 aliphatic rings. The highest BCUT2D eigenvalue weighted by molar-refractivity contribution is 4.82. The van der Waals surface area contributed by atoms with Gasteiger partial charge in [-0.05, 0) is 54.8 Å². The van der Waals surface area contributed by atoms with Crippen molar-refractivity contribution in [2.24, 2.45) is 29.1 Å². The first-order valence-electron chi connectivity index (χ1n) is 8.45. The lowest BCUT2D eigenvalue weighted by Gasteiger charge is -2.38. The predicted molar refractivity (Wildman–Crippen MR) is 80.6 cm³/mol. The molecule has 106 valence electrons. The molecule has 0 aliphatic heterocycles. The highest BCUT2D eigenvalue weighted by atomic mass is 14.4. The van der Waals surface area contributed by atoms with Crippen molar-refractivity contribution in [3.05, 3.63) is 0 Å². The third-order valence-electron chi connectivity index (χ3n) is 5.78. The van der Waals surface area contributed by atoms with E-state index in [9.17, 15) is 0 Å². The molecule has 2 aliphatic carbocycles. The van der Waals surface area contributed by atoms with E-state index in [1.54, 1.807) is 6.42 Å². The van der Waals surface area contributed by atoms with Crippen LogP contribution in [0.15, 0.2) is 0 Å². The second-order valence-electron chi connectivity index (χ2n) is 8.46. The molecule has 0 amide bonds. The van der Waals surface area contributed by atoms with Gasteiger partial charge in [0.25, 0.3) is 0 Å². The van der Waals surface area contributed by atoms with Gasteiger partial charge < -0.3 is 0 Å². The quantitative estimate of drug-likeness (QED) is 0.559. The van der Waals surface area contributed by atoms with Gasteiger partial charge in [-0.2, -0.15) is 0 Å². The van der Waals surface area contributed by atoms with Gasteiger partial charge in [0, 0.05) is 0 Å². The Balaban J connectivity index is 1.73. The Bertz CT molecular complexity index is 239. The van der Waals surface area contributed by atoms with Crippen LogP contribution in [0.1, 0.15) is 85.5 Å². The summed E-state index contributed by atoms with van der Waals surface area (Å²) in [7, 11) is 0. The number of hydrogen-bond acceptors (Lipinski definition) is 0. The van der Waals surface area contributed by atoms with Crippen LogP contribution < -0.4 is 0 Å². The minimum atomic E-state index is 0.546. The highest BCUT2D eigenvalue weighted by Gasteiger charge is 2.31. The van der Waals surface area contributed by atoms with Crippen molar-refractivity contribution in [1.29, 1.82) is 0 Å². The zero-order chi connectivity index (χ0) is 13.2. The molecule has 2 unspecified atom stereocenters. The molecular formula is C18H34. The van der Waals surface area contributed by atoms with Crippen molar-refractivity contribution >= 4 is 0 Å². The van der Waals surface area contributed by atoms with Crippen LogP contribution in [0.2, 0.25) is 0 Å². The summed E-state index contributed by atoms with van der Waals surface area (Å²) in [5.74, 6) is 4.14. The van der Waals surface area contributed by atoms with E-state index in [1.807, 2.05) is 0 Å². The van der Waals surface area contributed by atoms with E-state index in [0.29, 0.717) is 5.41 Å². The Hall–Kier alpha value is 0. The lowest BCUT2D eigenvalue weighted by molar-refractivity contribution is 0.129. The fraction of sp³-hybridized carbons (Fsp3) is 1.00. The van der Waals surface area contributed by atoms with E-state index in [2.05, 4.69) is 27.7 Å². The normalized spacial score (nSPS) is 38.7. The van der Waals surface area contributed by atoms with Crippen molar-refractivity contribution in [1.82, 2.24) is 0 Å². The predicted octanol–water partition coefficient (Wildman–Crippen LogP) is 6.06. The SMILES string of the molecule is CC1CCCC(CC2CCC(C(C)(C)C)CC2)C1. The molecule has 18 heavy (non-hydrogen) atoms. The van der Waals surface area contributed by atoms with Gasteiger partial charge in [0.05, 0.1) is 0 Å². The fourth-order valence-electron chi connectivity index (χ4n) is 4.51. The minimum absolute atomic E-state index is 0.546. The molecule has 0 radical (unpaired) electrons. The van der Waals surface area contributed by atoms with Gasteiger partial charge in [-0.25, -0.2) is 0 Å². The van der Waals surface area contributed by atoms with E-state index in [-0.39, 0.29) is 0 Å². The molecular weight excluding hydrogens is 216 g/mol. The summed E-state index contributed by atoms with van der Waals surface area (Å²) in [5, 5.41) is 0. The maximum absolute atomic E-state index is 2.46. The van der Waals surface area contributed by atoms with Crippen LogP contribution in [-0.4, -0.2) is 0 Å². The molecule has 0 aromatic carbocycles. The smallest absolute Gasteiger partial charge is 0.0354 e.